The van der Waals surface area contributed by atoms with E-state index in [2.05, 4.69) is 19.2 Å². The van der Waals surface area contributed by atoms with Crippen molar-refractivity contribution < 1.29 is 14.7 Å². The molecule has 5 heteroatoms. The second-order valence-corrected chi connectivity index (χ2v) is 4.61. The predicted octanol–water partition coefficient (Wildman–Crippen LogP) is 0.834. The van der Waals surface area contributed by atoms with E-state index in [-0.39, 0.29) is 30.7 Å². The third kappa shape index (κ3) is 6.26. The van der Waals surface area contributed by atoms with Crippen molar-refractivity contribution in [1.29, 1.82) is 0 Å². The molecule has 0 fully saturated rings. The fourth-order valence-corrected chi connectivity index (χ4v) is 1.82. The maximum Gasteiger partial charge on any atom is 0.303 e. The zero-order valence-electron chi connectivity index (χ0n) is 10.9. The maximum atomic E-state index is 11.1. The standard InChI is InChI=1S/C12H24N2O3/c1-4-8(2)9(3)10(5-12(16)17)7-14-11(15)6-13/h8-10H,4-7,13H2,1-3H3,(H,14,15)(H,16,17). The van der Waals surface area contributed by atoms with Crippen LogP contribution >= 0.6 is 0 Å². The number of nitrogens with two attached hydrogens (primary N) is 1. The molecule has 4 N–H and O–H groups in total. The molecule has 1 amide bonds. The number of carbonyl (C=O) groups is 2. The number of carboxylic acids is 1. The van der Waals surface area contributed by atoms with Crippen molar-refractivity contribution in [1.82, 2.24) is 5.32 Å². The van der Waals surface area contributed by atoms with Crippen LogP contribution in [-0.2, 0) is 9.59 Å². The van der Waals surface area contributed by atoms with Crippen LogP contribution in [0.2, 0.25) is 0 Å². The average molecular weight is 244 g/mol. The molecule has 0 aromatic heterocycles. The number of hydrogen-bond acceptors (Lipinski definition) is 3. The molecule has 17 heavy (non-hydrogen) atoms. The highest BCUT2D eigenvalue weighted by atomic mass is 16.4. The summed E-state index contributed by atoms with van der Waals surface area (Å²) in [6.45, 7) is 6.55. The first kappa shape index (κ1) is 15.9. The van der Waals surface area contributed by atoms with Gasteiger partial charge >= 0.3 is 5.97 Å². The van der Waals surface area contributed by atoms with Crippen molar-refractivity contribution in [2.75, 3.05) is 13.1 Å². The molecule has 0 radical (unpaired) electrons. The smallest absolute Gasteiger partial charge is 0.303 e. The quantitative estimate of drug-likeness (QED) is 0.589. The summed E-state index contributed by atoms with van der Waals surface area (Å²) in [7, 11) is 0. The molecule has 0 aliphatic rings. The van der Waals surface area contributed by atoms with Gasteiger partial charge in [0.05, 0.1) is 13.0 Å². The van der Waals surface area contributed by atoms with Crippen LogP contribution in [0.1, 0.15) is 33.6 Å². The summed E-state index contributed by atoms with van der Waals surface area (Å²) < 4.78 is 0. The van der Waals surface area contributed by atoms with Gasteiger partial charge in [0.1, 0.15) is 0 Å². The fourth-order valence-electron chi connectivity index (χ4n) is 1.82. The molecule has 0 spiro atoms. The molecule has 0 saturated carbocycles. The van der Waals surface area contributed by atoms with Gasteiger partial charge in [0.15, 0.2) is 0 Å². The number of carboxylic acid groups (broad SMARTS) is 1. The Morgan fingerprint density at radius 3 is 2.35 bits per heavy atom. The molecule has 0 heterocycles. The van der Waals surface area contributed by atoms with E-state index in [1.807, 2.05) is 6.92 Å². The molecule has 0 aliphatic carbocycles. The van der Waals surface area contributed by atoms with E-state index < -0.39 is 5.97 Å². The van der Waals surface area contributed by atoms with E-state index >= 15 is 0 Å². The van der Waals surface area contributed by atoms with E-state index in [1.165, 1.54) is 0 Å². The normalized spacial score (nSPS) is 16.0. The average Bonchev–Trinajstić information content (AvgIpc) is 2.31. The Morgan fingerprint density at radius 2 is 1.94 bits per heavy atom. The first-order valence-electron chi connectivity index (χ1n) is 6.10. The second kappa shape index (κ2) is 8.06. The summed E-state index contributed by atoms with van der Waals surface area (Å²) in [5.41, 5.74) is 5.19. The topological polar surface area (TPSA) is 92.4 Å². The summed E-state index contributed by atoms with van der Waals surface area (Å²) in [5, 5.41) is 11.5. The van der Waals surface area contributed by atoms with Crippen molar-refractivity contribution in [3.05, 3.63) is 0 Å². The van der Waals surface area contributed by atoms with Crippen molar-refractivity contribution in [2.45, 2.75) is 33.6 Å². The Kier molecular flexibility index (Phi) is 7.54. The molecule has 0 aromatic rings. The number of carbonyl (C=O) groups excluding carboxylic acids is 1. The maximum absolute atomic E-state index is 11.1. The first-order chi connectivity index (χ1) is 7.92. The van der Waals surface area contributed by atoms with E-state index in [9.17, 15) is 9.59 Å². The Balaban J connectivity index is 4.41. The van der Waals surface area contributed by atoms with Gasteiger partial charge < -0.3 is 16.2 Å². The third-order valence-electron chi connectivity index (χ3n) is 3.47. The molecule has 0 rings (SSSR count). The highest BCUT2D eigenvalue weighted by Gasteiger charge is 2.24. The number of hydrogen-bond donors (Lipinski definition) is 3. The van der Waals surface area contributed by atoms with Gasteiger partial charge in [0, 0.05) is 6.54 Å². The molecule has 5 nitrogen and oxygen atoms in total. The lowest BCUT2D eigenvalue weighted by Gasteiger charge is -2.27. The van der Waals surface area contributed by atoms with E-state index in [1.54, 1.807) is 0 Å². The highest BCUT2D eigenvalue weighted by molar-refractivity contribution is 5.77. The van der Waals surface area contributed by atoms with Crippen LogP contribution in [0.15, 0.2) is 0 Å². The lowest BCUT2D eigenvalue weighted by Crippen LogP contribution is -2.37. The zero-order valence-corrected chi connectivity index (χ0v) is 10.9. The van der Waals surface area contributed by atoms with Crippen LogP contribution < -0.4 is 11.1 Å². The lowest BCUT2D eigenvalue weighted by molar-refractivity contribution is -0.139. The van der Waals surface area contributed by atoms with Crippen molar-refractivity contribution in [3.63, 3.8) is 0 Å². The summed E-state index contributed by atoms with van der Waals surface area (Å²) in [6, 6.07) is 0. The lowest BCUT2D eigenvalue weighted by atomic mass is 9.81. The zero-order chi connectivity index (χ0) is 13.4. The molecule has 100 valence electrons. The van der Waals surface area contributed by atoms with Gasteiger partial charge in [-0.15, -0.1) is 0 Å². The molecule has 3 unspecified atom stereocenters. The molecule has 0 saturated heterocycles. The predicted molar refractivity (Wildman–Crippen MR) is 66.4 cm³/mol. The van der Waals surface area contributed by atoms with Gasteiger partial charge in [-0.2, -0.15) is 0 Å². The largest absolute Gasteiger partial charge is 0.481 e. The summed E-state index contributed by atoms with van der Waals surface area (Å²) in [6.07, 6.45) is 1.08. The van der Waals surface area contributed by atoms with Crippen molar-refractivity contribution in [3.8, 4) is 0 Å². The van der Waals surface area contributed by atoms with Crippen LogP contribution in [0.4, 0.5) is 0 Å². The minimum absolute atomic E-state index is 0.0436. The van der Waals surface area contributed by atoms with Crippen LogP contribution in [0, 0.1) is 17.8 Å². The highest BCUT2D eigenvalue weighted by Crippen LogP contribution is 2.25. The van der Waals surface area contributed by atoms with E-state index in [0.717, 1.165) is 6.42 Å². The second-order valence-electron chi connectivity index (χ2n) is 4.61. The third-order valence-corrected chi connectivity index (χ3v) is 3.47. The molecule has 0 aromatic carbocycles. The van der Waals surface area contributed by atoms with Crippen LogP contribution in [0.3, 0.4) is 0 Å². The molecular weight excluding hydrogens is 220 g/mol. The van der Waals surface area contributed by atoms with Crippen LogP contribution in [0.5, 0.6) is 0 Å². The van der Waals surface area contributed by atoms with Crippen molar-refractivity contribution >= 4 is 11.9 Å². The van der Waals surface area contributed by atoms with E-state index in [0.29, 0.717) is 12.5 Å². The fraction of sp³-hybridized carbons (Fsp3) is 0.833. The number of nitrogens with one attached hydrogen (secondary N) is 1. The van der Waals surface area contributed by atoms with Crippen molar-refractivity contribution in [2.24, 2.45) is 23.5 Å². The Labute approximate surface area is 103 Å². The Hall–Kier alpha value is -1.10. The summed E-state index contributed by atoms with van der Waals surface area (Å²) in [5.74, 6) is -0.412. The Morgan fingerprint density at radius 1 is 1.35 bits per heavy atom. The van der Waals surface area contributed by atoms with Gasteiger partial charge in [0.25, 0.3) is 0 Å². The molecular formula is C12H24N2O3. The van der Waals surface area contributed by atoms with Gasteiger partial charge in [-0.05, 0) is 17.8 Å². The molecule has 3 atom stereocenters. The Bertz CT molecular complexity index is 256. The summed E-state index contributed by atoms with van der Waals surface area (Å²) in [4.78, 5) is 21.9. The van der Waals surface area contributed by atoms with Gasteiger partial charge in [-0.3, -0.25) is 9.59 Å². The van der Waals surface area contributed by atoms with Crippen LogP contribution in [0.25, 0.3) is 0 Å². The van der Waals surface area contributed by atoms with Gasteiger partial charge in [-0.1, -0.05) is 27.2 Å². The molecule has 0 bridgehead atoms. The van der Waals surface area contributed by atoms with Gasteiger partial charge in [-0.25, -0.2) is 0 Å². The number of rotatable bonds is 8. The summed E-state index contributed by atoms with van der Waals surface area (Å²) >= 11 is 0. The number of aliphatic carboxylic acids is 1. The van der Waals surface area contributed by atoms with Gasteiger partial charge in [0.2, 0.25) is 5.91 Å². The SMILES string of the molecule is CCC(C)C(C)C(CNC(=O)CN)CC(=O)O. The first-order valence-corrected chi connectivity index (χ1v) is 6.10. The molecule has 0 aliphatic heterocycles. The minimum atomic E-state index is -0.827. The number of amides is 1. The van der Waals surface area contributed by atoms with Crippen LogP contribution in [-0.4, -0.2) is 30.1 Å². The minimum Gasteiger partial charge on any atom is -0.481 e. The monoisotopic (exact) mass is 244 g/mol. The van der Waals surface area contributed by atoms with E-state index in [4.69, 9.17) is 10.8 Å².